The molecule has 3 rings (SSSR count). The zero-order valence-corrected chi connectivity index (χ0v) is 11.6. The molecule has 0 unspecified atom stereocenters. The topological polar surface area (TPSA) is 83.8 Å². The average molecular weight is 272 g/mol. The van der Waals surface area contributed by atoms with Crippen LogP contribution in [-0.2, 0) is 0 Å². The van der Waals surface area contributed by atoms with E-state index in [0.29, 0.717) is 23.0 Å². The summed E-state index contributed by atoms with van der Waals surface area (Å²) in [6.07, 6.45) is 4.58. The molecule has 0 spiro atoms. The number of para-hydroxylation sites is 1. The summed E-state index contributed by atoms with van der Waals surface area (Å²) in [6, 6.07) is 6.13. The van der Waals surface area contributed by atoms with Crippen molar-refractivity contribution in [3.05, 3.63) is 29.6 Å². The van der Waals surface area contributed by atoms with Gasteiger partial charge in [-0.3, -0.25) is 4.79 Å². The number of nitrogens with two attached hydrogens (primary N) is 1. The van der Waals surface area contributed by atoms with Gasteiger partial charge in [-0.15, -0.1) is 0 Å². The molecule has 1 aromatic heterocycles. The number of imidazole rings is 1. The summed E-state index contributed by atoms with van der Waals surface area (Å²) < 4.78 is 0. The Kier molecular flexibility index (Phi) is 3.44. The molecule has 0 saturated heterocycles. The van der Waals surface area contributed by atoms with E-state index < -0.39 is 5.91 Å². The lowest BCUT2D eigenvalue weighted by molar-refractivity contribution is 0.100. The van der Waals surface area contributed by atoms with Crippen LogP contribution in [0, 0.1) is 0 Å². The largest absolute Gasteiger partial charge is 0.366 e. The van der Waals surface area contributed by atoms with Gasteiger partial charge in [-0.2, -0.15) is 0 Å². The first-order valence-electron chi connectivity index (χ1n) is 7.14. The van der Waals surface area contributed by atoms with Gasteiger partial charge in [0.15, 0.2) is 0 Å². The van der Waals surface area contributed by atoms with Gasteiger partial charge in [0.1, 0.15) is 11.3 Å². The summed E-state index contributed by atoms with van der Waals surface area (Å²) in [5, 5.41) is 3.33. The average Bonchev–Trinajstić information content (AvgIpc) is 2.90. The second-order valence-corrected chi connectivity index (χ2v) is 5.53. The Hall–Kier alpha value is -1.88. The van der Waals surface area contributed by atoms with Crippen LogP contribution in [0.15, 0.2) is 18.2 Å². The maximum absolute atomic E-state index is 11.4. The Morgan fingerprint density at radius 3 is 2.75 bits per heavy atom. The number of hydrogen-bond donors (Lipinski definition) is 3. The van der Waals surface area contributed by atoms with Crippen LogP contribution >= 0.6 is 0 Å². The standard InChI is InChI=1S/C15H20N4O/c1-17-10-7-5-9(6-8-10)15-18-12-4-2-3-11(14(16)20)13(12)19-15/h2-4,9-10,17H,5-8H2,1H3,(H2,16,20)(H,18,19). The van der Waals surface area contributed by atoms with Gasteiger partial charge >= 0.3 is 0 Å². The SMILES string of the molecule is CNC1CCC(c2nc3c(C(N)=O)cccc3[nH]2)CC1. The number of rotatable bonds is 3. The molecule has 1 heterocycles. The fraction of sp³-hybridized carbons (Fsp3) is 0.467. The first-order valence-corrected chi connectivity index (χ1v) is 7.14. The van der Waals surface area contributed by atoms with Crippen LogP contribution in [0.4, 0.5) is 0 Å². The number of benzene rings is 1. The Bertz CT molecular complexity index is 626. The van der Waals surface area contributed by atoms with Gasteiger partial charge in [0.25, 0.3) is 5.91 Å². The molecule has 0 atom stereocenters. The number of H-pyrrole nitrogens is 1. The zero-order valence-electron chi connectivity index (χ0n) is 11.6. The molecule has 1 aliphatic rings. The van der Waals surface area contributed by atoms with Gasteiger partial charge in [0, 0.05) is 12.0 Å². The van der Waals surface area contributed by atoms with E-state index in [1.807, 2.05) is 19.2 Å². The lowest BCUT2D eigenvalue weighted by atomic mass is 9.86. The summed E-state index contributed by atoms with van der Waals surface area (Å²) >= 11 is 0. The Labute approximate surface area is 118 Å². The minimum atomic E-state index is -0.424. The van der Waals surface area contributed by atoms with Crippen molar-refractivity contribution in [2.75, 3.05) is 7.05 Å². The number of aromatic nitrogens is 2. The Balaban J connectivity index is 1.90. The minimum absolute atomic E-state index is 0.424. The third kappa shape index (κ3) is 2.29. The van der Waals surface area contributed by atoms with E-state index in [1.165, 1.54) is 12.8 Å². The van der Waals surface area contributed by atoms with Gasteiger partial charge in [0.05, 0.1) is 11.1 Å². The number of nitrogens with zero attached hydrogens (tertiary/aromatic N) is 1. The molecule has 1 saturated carbocycles. The van der Waals surface area contributed by atoms with Gasteiger partial charge in [-0.05, 0) is 44.9 Å². The van der Waals surface area contributed by atoms with Crippen molar-refractivity contribution in [2.24, 2.45) is 5.73 Å². The summed E-state index contributed by atoms with van der Waals surface area (Å²) in [5.74, 6) is 1.02. The Morgan fingerprint density at radius 2 is 2.10 bits per heavy atom. The van der Waals surface area contributed by atoms with Gasteiger partial charge in [0.2, 0.25) is 0 Å². The van der Waals surface area contributed by atoms with E-state index >= 15 is 0 Å². The number of fused-ring (bicyclic) bond motifs is 1. The van der Waals surface area contributed by atoms with Gasteiger partial charge < -0.3 is 16.0 Å². The number of amides is 1. The number of primary amides is 1. The highest BCUT2D eigenvalue weighted by molar-refractivity contribution is 6.04. The zero-order chi connectivity index (χ0) is 14.1. The first-order chi connectivity index (χ1) is 9.69. The second kappa shape index (κ2) is 5.25. The fourth-order valence-electron chi connectivity index (χ4n) is 3.10. The smallest absolute Gasteiger partial charge is 0.250 e. The first kappa shape index (κ1) is 13.1. The van der Waals surface area contributed by atoms with Gasteiger partial charge in [-0.1, -0.05) is 6.07 Å². The highest BCUT2D eigenvalue weighted by Crippen LogP contribution is 2.32. The summed E-state index contributed by atoms with van der Waals surface area (Å²) in [7, 11) is 2.02. The van der Waals surface area contributed by atoms with E-state index in [9.17, 15) is 4.79 Å². The highest BCUT2D eigenvalue weighted by atomic mass is 16.1. The molecule has 1 aliphatic carbocycles. The van der Waals surface area contributed by atoms with Crippen molar-refractivity contribution >= 4 is 16.9 Å². The quantitative estimate of drug-likeness (QED) is 0.798. The number of carbonyl (C=O) groups excluding carboxylic acids is 1. The number of aromatic amines is 1. The third-order valence-electron chi connectivity index (χ3n) is 4.32. The van der Waals surface area contributed by atoms with Crippen molar-refractivity contribution < 1.29 is 4.79 Å². The van der Waals surface area contributed by atoms with Gasteiger partial charge in [-0.25, -0.2) is 4.98 Å². The van der Waals surface area contributed by atoms with Crippen molar-refractivity contribution in [3.8, 4) is 0 Å². The van der Waals surface area contributed by atoms with Crippen molar-refractivity contribution in [1.82, 2.24) is 15.3 Å². The molecule has 2 aromatic rings. The van der Waals surface area contributed by atoms with Crippen LogP contribution in [-0.4, -0.2) is 29.0 Å². The maximum Gasteiger partial charge on any atom is 0.250 e. The molecule has 106 valence electrons. The second-order valence-electron chi connectivity index (χ2n) is 5.53. The molecule has 0 bridgehead atoms. The molecule has 4 N–H and O–H groups in total. The lowest BCUT2D eigenvalue weighted by Crippen LogP contribution is -2.29. The van der Waals surface area contributed by atoms with E-state index in [1.54, 1.807) is 6.07 Å². The van der Waals surface area contributed by atoms with Crippen LogP contribution in [0.3, 0.4) is 0 Å². The van der Waals surface area contributed by atoms with Crippen molar-refractivity contribution in [2.45, 2.75) is 37.6 Å². The van der Waals surface area contributed by atoms with E-state index in [0.717, 1.165) is 24.2 Å². The predicted molar refractivity (Wildman–Crippen MR) is 78.7 cm³/mol. The molecule has 1 aromatic carbocycles. The van der Waals surface area contributed by atoms with Crippen LogP contribution in [0.1, 0.15) is 47.8 Å². The molecular weight excluding hydrogens is 252 g/mol. The van der Waals surface area contributed by atoms with Crippen LogP contribution < -0.4 is 11.1 Å². The molecule has 5 heteroatoms. The highest BCUT2D eigenvalue weighted by Gasteiger charge is 2.24. The van der Waals surface area contributed by atoms with Crippen LogP contribution in [0.2, 0.25) is 0 Å². The normalized spacial score (nSPS) is 23.1. The van der Waals surface area contributed by atoms with E-state index in [4.69, 9.17) is 5.73 Å². The number of nitrogens with one attached hydrogen (secondary N) is 2. The molecule has 5 nitrogen and oxygen atoms in total. The van der Waals surface area contributed by atoms with Crippen molar-refractivity contribution in [3.63, 3.8) is 0 Å². The predicted octanol–water partition coefficient (Wildman–Crippen LogP) is 1.91. The number of carbonyl (C=O) groups is 1. The molecule has 0 aliphatic heterocycles. The van der Waals surface area contributed by atoms with E-state index in [2.05, 4.69) is 15.3 Å². The monoisotopic (exact) mass is 272 g/mol. The molecule has 0 radical (unpaired) electrons. The molecule has 1 fully saturated rings. The lowest BCUT2D eigenvalue weighted by Gasteiger charge is -2.26. The summed E-state index contributed by atoms with van der Waals surface area (Å²) in [6.45, 7) is 0. The third-order valence-corrected chi connectivity index (χ3v) is 4.32. The summed E-state index contributed by atoms with van der Waals surface area (Å²) in [4.78, 5) is 19.4. The maximum atomic E-state index is 11.4. The van der Waals surface area contributed by atoms with Crippen LogP contribution in [0.5, 0.6) is 0 Å². The Morgan fingerprint density at radius 1 is 1.35 bits per heavy atom. The number of hydrogen-bond acceptors (Lipinski definition) is 3. The van der Waals surface area contributed by atoms with E-state index in [-0.39, 0.29) is 0 Å². The summed E-state index contributed by atoms with van der Waals surface area (Å²) in [5.41, 5.74) is 7.49. The molecule has 20 heavy (non-hydrogen) atoms. The minimum Gasteiger partial charge on any atom is -0.366 e. The molecule has 1 amide bonds. The molecular formula is C15H20N4O. The van der Waals surface area contributed by atoms with Crippen molar-refractivity contribution in [1.29, 1.82) is 0 Å². The fourth-order valence-corrected chi connectivity index (χ4v) is 3.10. The van der Waals surface area contributed by atoms with Crippen LogP contribution in [0.25, 0.3) is 11.0 Å².